The van der Waals surface area contributed by atoms with Gasteiger partial charge >= 0.3 is 0 Å². The normalized spacial score (nSPS) is 10.6. The summed E-state index contributed by atoms with van der Waals surface area (Å²) in [6, 6.07) is 9.48. The molecule has 0 bridgehead atoms. The minimum Gasteiger partial charge on any atom is -0.467 e. The van der Waals surface area contributed by atoms with Crippen molar-refractivity contribution in [1.29, 1.82) is 0 Å². The first-order valence-electron chi connectivity index (χ1n) is 7.13. The highest BCUT2D eigenvalue weighted by atomic mass is 16.5. The first kappa shape index (κ1) is 15.3. The fourth-order valence-electron chi connectivity index (χ4n) is 2.04. The lowest BCUT2D eigenvalue weighted by atomic mass is 10.0. The molecule has 0 aliphatic heterocycles. The Morgan fingerprint density at radius 2 is 2.10 bits per heavy atom. The predicted octanol–water partition coefficient (Wildman–Crippen LogP) is 3.23. The van der Waals surface area contributed by atoms with Gasteiger partial charge < -0.3 is 14.5 Å². The number of aryl methyl sites for hydroxylation is 1. The Hall–Kier alpha value is -2.07. The molecule has 0 saturated heterocycles. The molecule has 0 unspecified atom stereocenters. The van der Waals surface area contributed by atoms with Crippen LogP contribution in [0.2, 0.25) is 0 Å². The zero-order chi connectivity index (χ0) is 15.1. The van der Waals surface area contributed by atoms with Crippen LogP contribution < -0.4 is 5.32 Å². The van der Waals surface area contributed by atoms with Crippen molar-refractivity contribution in [1.82, 2.24) is 5.32 Å². The molecule has 2 aromatic rings. The first-order valence-corrected chi connectivity index (χ1v) is 7.13. The van der Waals surface area contributed by atoms with E-state index in [1.807, 2.05) is 44.2 Å². The predicted molar refractivity (Wildman–Crippen MR) is 81.2 cm³/mol. The van der Waals surface area contributed by atoms with Crippen LogP contribution in [0, 0.1) is 13.8 Å². The summed E-state index contributed by atoms with van der Waals surface area (Å²) in [4.78, 5) is 12.1. The summed E-state index contributed by atoms with van der Waals surface area (Å²) in [6.45, 7) is 5.64. The van der Waals surface area contributed by atoms with Gasteiger partial charge in [-0.05, 0) is 49.6 Å². The van der Waals surface area contributed by atoms with Crippen LogP contribution in [0.25, 0.3) is 0 Å². The number of hydrogen-bond donors (Lipinski definition) is 1. The van der Waals surface area contributed by atoms with Crippen molar-refractivity contribution in [2.24, 2.45) is 0 Å². The standard InChI is InChI=1S/C17H21NO3/c1-13-6-3-8-16(14(13)2)17(19)18-9-5-10-20-12-15-7-4-11-21-15/h3-4,6-8,11H,5,9-10,12H2,1-2H3,(H,18,19). The Bertz CT molecular complexity index is 576. The van der Waals surface area contributed by atoms with Gasteiger partial charge in [-0.15, -0.1) is 0 Å². The van der Waals surface area contributed by atoms with Crippen molar-refractivity contribution in [2.75, 3.05) is 13.2 Å². The van der Waals surface area contributed by atoms with E-state index >= 15 is 0 Å². The van der Waals surface area contributed by atoms with Gasteiger partial charge in [-0.25, -0.2) is 0 Å². The Balaban J connectivity index is 1.66. The zero-order valence-corrected chi connectivity index (χ0v) is 12.5. The van der Waals surface area contributed by atoms with E-state index in [-0.39, 0.29) is 5.91 Å². The van der Waals surface area contributed by atoms with E-state index in [9.17, 15) is 4.79 Å². The molecule has 112 valence electrons. The molecule has 1 aromatic carbocycles. The van der Waals surface area contributed by atoms with Crippen LogP contribution in [0.4, 0.5) is 0 Å². The summed E-state index contributed by atoms with van der Waals surface area (Å²) in [7, 11) is 0. The Morgan fingerprint density at radius 1 is 1.24 bits per heavy atom. The maximum Gasteiger partial charge on any atom is 0.251 e. The molecule has 2 rings (SSSR count). The molecule has 0 atom stereocenters. The Morgan fingerprint density at radius 3 is 2.86 bits per heavy atom. The molecular weight excluding hydrogens is 266 g/mol. The fraction of sp³-hybridized carbons (Fsp3) is 0.353. The molecular formula is C17H21NO3. The Kier molecular flexibility index (Phi) is 5.58. The largest absolute Gasteiger partial charge is 0.467 e. The number of ether oxygens (including phenoxy) is 1. The van der Waals surface area contributed by atoms with E-state index in [0.29, 0.717) is 19.8 Å². The minimum atomic E-state index is -0.0257. The summed E-state index contributed by atoms with van der Waals surface area (Å²) in [5.74, 6) is 0.789. The molecule has 0 saturated carbocycles. The summed E-state index contributed by atoms with van der Waals surface area (Å²) in [5.41, 5.74) is 2.90. The number of benzene rings is 1. The van der Waals surface area contributed by atoms with Crippen molar-refractivity contribution in [2.45, 2.75) is 26.9 Å². The van der Waals surface area contributed by atoms with Gasteiger partial charge in [0.2, 0.25) is 0 Å². The van der Waals surface area contributed by atoms with Gasteiger partial charge in [-0.1, -0.05) is 12.1 Å². The summed E-state index contributed by atoms with van der Waals surface area (Å²) in [5, 5.41) is 2.92. The van der Waals surface area contributed by atoms with E-state index in [0.717, 1.165) is 28.9 Å². The molecule has 4 heteroatoms. The van der Waals surface area contributed by atoms with E-state index in [4.69, 9.17) is 9.15 Å². The lowest BCUT2D eigenvalue weighted by Crippen LogP contribution is -2.26. The van der Waals surface area contributed by atoms with E-state index in [1.165, 1.54) is 0 Å². The molecule has 0 radical (unpaired) electrons. The Labute approximate surface area is 125 Å². The third-order valence-electron chi connectivity index (χ3n) is 3.42. The average molecular weight is 287 g/mol. The smallest absolute Gasteiger partial charge is 0.251 e. The number of nitrogens with one attached hydrogen (secondary N) is 1. The molecule has 0 spiro atoms. The highest BCUT2D eigenvalue weighted by Crippen LogP contribution is 2.12. The molecule has 0 aliphatic rings. The van der Waals surface area contributed by atoms with Crippen LogP contribution in [0.1, 0.15) is 33.7 Å². The number of amides is 1. The van der Waals surface area contributed by atoms with Crippen LogP contribution in [0.3, 0.4) is 0 Å². The van der Waals surface area contributed by atoms with Crippen LogP contribution in [-0.4, -0.2) is 19.1 Å². The van der Waals surface area contributed by atoms with Gasteiger partial charge in [-0.2, -0.15) is 0 Å². The van der Waals surface area contributed by atoms with E-state index in [2.05, 4.69) is 5.32 Å². The molecule has 1 amide bonds. The van der Waals surface area contributed by atoms with Crippen LogP contribution >= 0.6 is 0 Å². The maximum absolute atomic E-state index is 12.1. The number of furan rings is 1. The van der Waals surface area contributed by atoms with Crippen molar-refractivity contribution >= 4 is 5.91 Å². The second kappa shape index (κ2) is 7.64. The number of rotatable bonds is 7. The summed E-state index contributed by atoms with van der Waals surface area (Å²) >= 11 is 0. The van der Waals surface area contributed by atoms with Gasteiger partial charge in [0, 0.05) is 18.7 Å². The van der Waals surface area contributed by atoms with Gasteiger partial charge in [0.15, 0.2) is 0 Å². The summed E-state index contributed by atoms with van der Waals surface area (Å²) < 4.78 is 10.6. The molecule has 1 N–H and O–H groups in total. The quantitative estimate of drug-likeness (QED) is 0.795. The van der Waals surface area contributed by atoms with Gasteiger partial charge in [0.25, 0.3) is 5.91 Å². The third-order valence-corrected chi connectivity index (χ3v) is 3.42. The van der Waals surface area contributed by atoms with Crippen molar-refractivity contribution in [3.05, 3.63) is 59.0 Å². The average Bonchev–Trinajstić information content (AvgIpc) is 2.98. The lowest BCUT2D eigenvalue weighted by Gasteiger charge is -2.09. The SMILES string of the molecule is Cc1cccc(C(=O)NCCCOCc2ccco2)c1C. The minimum absolute atomic E-state index is 0.0257. The first-order chi connectivity index (χ1) is 10.2. The molecule has 1 aromatic heterocycles. The van der Waals surface area contributed by atoms with Crippen LogP contribution in [0.15, 0.2) is 41.0 Å². The molecule has 4 nitrogen and oxygen atoms in total. The molecule has 1 heterocycles. The second-order valence-corrected chi connectivity index (χ2v) is 4.99. The lowest BCUT2D eigenvalue weighted by molar-refractivity contribution is 0.0916. The maximum atomic E-state index is 12.1. The second-order valence-electron chi connectivity index (χ2n) is 4.99. The highest BCUT2D eigenvalue weighted by molar-refractivity contribution is 5.95. The van der Waals surface area contributed by atoms with E-state index < -0.39 is 0 Å². The monoisotopic (exact) mass is 287 g/mol. The molecule has 21 heavy (non-hydrogen) atoms. The summed E-state index contributed by atoms with van der Waals surface area (Å²) in [6.07, 6.45) is 2.40. The molecule has 0 fully saturated rings. The third kappa shape index (κ3) is 4.46. The molecule has 0 aliphatic carbocycles. The van der Waals surface area contributed by atoms with Gasteiger partial charge in [0.05, 0.1) is 6.26 Å². The van der Waals surface area contributed by atoms with Crippen molar-refractivity contribution < 1.29 is 13.9 Å². The zero-order valence-electron chi connectivity index (χ0n) is 12.5. The van der Waals surface area contributed by atoms with Gasteiger partial charge in [-0.3, -0.25) is 4.79 Å². The number of carbonyl (C=O) groups excluding carboxylic acids is 1. The van der Waals surface area contributed by atoms with Crippen LogP contribution in [0.5, 0.6) is 0 Å². The highest BCUT2D eigenvalue weighted by Gasteiger charge is 2.08. The van der Waals surface area contributed by atoms with Crippen LogP contribution in [-0.2, 0) is 11.3 Å². The van der Waals surface area contributed by atoms with Crippen molar-refractivity contribution in [3.63, 3.8) is 0 Å². The van der Waals surface area contributed by atoms with Crippen molar-refractivity contribution in [3.8, 4) is 0 Å². The van der Waals surface area contributed by atoms with E-state index in [1.54, 1.807) is 6.26 Å². The van der Waals surface area contributed by atoms with Gasteiger partial charge in [0.1, 0.15) is 12.4 Å². The number of hydrogen-bond acceptors (Lipinski definition) is 3. The topological polar surface area (TPSA) is 51.5 Å². The number of carbonyl (C=O) groups is 1. The fourth-order valence-corrected chi connectivity index (χ4v) is 2.04.